The summed E-state index contributed by atoms with van der Waals surface area (Å²) in [4.78, 5) is 8.77. The van der Waals surface area contributed by atoms with Gasteiger partial charge in [0.25, 0.3) is 0 Å². The van der Waals surface area contributed by atoms with Crippen molar-refractivity contribution in [2.24, 2.45) is 5.92 Å². The van der Waals surface area contributed by atoms with E-state index in [0.717, 1.165) is 31.1 Å². The van der Waals surface area contributed by atoms with Gasteiger partial charge in [-0.15, -0.1) is 0 Å². The Labute approximate surface area is 107 Å². The molecule has 0 radical (unpaired) electrons. The summed E-state index contributed by atoms with van der Waals surface area (Å²) in [6, 6.07) is 0. The van der Waals surface area contributed by atoms with Crippen LogP contribution in [0.15, 0.2) is 6.33 Å². The fourth-order valence-electron chi connectivity index (χ4n) is 2.70. The summed E-state index contributed by atoms with van der Waals surface area (Å²) in [6.07, 6.45) is 7.94. The molecule has 0 bridgehead atoms. The van der Waals surface area contributed by atoms with Gasteiger partial charge in [0.15, 0.2) is 0 Å². The molecule has 1 aliphatic heterocycles. The van der Waals surface area contributed by atoms with Crippen LogP contribution in [0.2, 0.25) is 0 Å². The second kappa shape index (κ2) is 5.25. The van der Waals surface area contributed by atoms with Gasteiger partial charge in [-0.3, -0.25) is 0 Å². The SMILES string of the molecule is c1nc2c(c(NCC3CCSCC3)n1)CCC2. The van der Waals surface area contributed by atoms with Gasteiger partial charge in [0.2, 0.25) is 0 Å². The van der Waals surface area contributed by atoms with Gasteiger partial charge in [-0.25, -0.2) is 9.97 Å². The molecule has 1 aromatic rings. The third kappa shape index (κ3) is 2.57. The molecule has 0 amide bonds. The molecule has 3 rings (SSSR count). The van der Waals surface area contributed by atoms with Crippen molar-refractivity contribution in [3.8, 4) is 0 Å². The Morgan fingerprint density at radius 2 is 2.12 bits per heavy atom. The van der Waals surface area contributed by atoms with E-state index in [0.29, 0.717) is 0 Å². The molecular weight excluding hydrogens is 230 g/mol. The highest BCUT2D eigenvalue weighted by Gasteiger charge is 2.18. The van der Waals surface area contributed by atoms with Crippen LogP contribution in [0.5, 0.6) is 0 Å². The summed E-state index contributed by atoms with van der Waals surface area (Å²) in [5, 5.41) is 3.55. The van der Waals surface area contributed by atoms with Crippen LogP contribution >= 0.6 is 11.8 Å². The summed E-state index contributed by atoms with van der Waals surface area (Å²) >= 11 is 2.09. The van der Waals surface area contributed by atoms with Crippen molar-refractivity contribution in [2.75, 3.05) is 23.4 Å². The minimum absolute atomic E-state index is 0.836. The second-order valence-corrected chi connectivity index (χ2v) is 6.16. The highest BCUT2D eigenvalue weighted by atomic mass is 32.2. The van der Waals surface area contributed by atoms with Crippen LogP contribution in [0.1, 0.15) is 30.5 Å². The van der Waals surface area contributed by atoms with Crippen molar-refractivity contribution < 1.29 is 0 Å². The van der Waals surface area contributed by atoms with Gasteiger partial charge in [0, 0.05) is 17.8 Å². The van der Waals surface area contributed by atoms with Crippen molar-refractivity contribution in [1.29, 1.82) is 0 Å². The molecule has 2 heterocycles. The number of aromatic nitrogens is 2. The lowest BCUT2D eigenvalue weighted by atomic mass is 10.0. The molecule has 92 valence electrons. The van der Waals surface area contributed by atoms with Gasteiger partial charge < -0.3 is 5.32 Å². The number of hydrogen-bond acceptors (Lipinski definition) is 4. The quantitative estimate of drug-likeness (QED) is 0.893. The number of nitrogens with one attached hydrogen (secondary N) is 1. The van der Waals surface area contributed by atoms with E-state index in [4.69, 9.17) is 0 Å². The monoisotopic (exact) mass is 249 g/mol. The number of thioether (sulfide) groups is 1. The maximum absolute atomic E-state index is 4.41. The van der Waals surface area contributed by atoms with Crippen molar-refractivity contribution in [3.63, 3.8) is 0 Å². The molecule has 3 nitrogen and oxygen atoms in total. The van der Waals surface area contributed by atoms with E-state index >= 15 is 0 Å². The molecule has 0 atom stereocenters. The molecule has 1 fully saturated rings. The van der Waals surface area contributed by atoms with Crippen LogP contribution in [0, 0.1) is 5.92 Å². The van der Waals surface area contributed by atoms with Crippen LogP contribution in [-0.4, -0.2) is 28.0 Å². The number of nitrogens with zero attached hydrogens (tertiary/aromatic N) is 2. The number of anilines is 1. The van der Waals surface area contributed by atoms with Crippen molar-refractivity contribution in [1.82, 2.24) is 9.97 Å². The van der Waals surface area contributed by atoms with Gasteiger partial charge in [-0.05, 0) is 49.5 Å². The lowest BCUT2D eigenvalue weighted by Crippen LogP contribution is -2.20. The average molecular weight is 249 g/mol. The predicted molar refractivity (Wildman–Crippen MR) is 72.6 cm³/mol. The molecule has 0 spiro atoms. The summed E-state index contributed by atoms with van der Waals surface area (Å²) in [5.41, 5.74) is 2.64. The fourth-order valence-corrected chi connectivity index (χ4v) is 3.91. The molecule has 2 aliphatic rings. The molecule has 0 aromatic carbocycles. The second-order valence-electron chi connectivity index (χ2n) is 4.94. The molecule has 1 aliphatic carbocycles. The number of aryl methyl sites for hydroxylation is 1. The predicted octanol–water partition coefficient (Wildman–Crippen LogP) is 2.52. The molecule has 17 heavy (non-hydrogen) atoms. The summed E-state index contributed by atoms with van der Waals surface area (Å²) in [5.74, 6) is 4.59. The van der Waals surface area contributed by atoms with Crippen molar-refractivity contribution in [2.45, 2.75) is 32.1 Å². The van der Waals surface area contributed by atoms with Crippen LogP contribution in [-0.2, 0) is 12.8 Å². The highest BCUT2D eigenvalue weighted by Crippen LogP contribution is 2.27. The molecule has 1 N–H and O–H groups in total. The minimum Gasteiger partial charge on any atom is -0.369 e. The fraction of sp³-hybridized carbons (Fsp3) is 0.692. The Bertz CT molecular complexity index is 388. The standard InChI is InChI=1S/C13H19N3S/c1-2-11-12(3-1)15-9-16-13(11)14-8-10-4-6-17-7-5-10/h9-10H,1-8H2,(H,14,15,16). The van der Waals surface area contributed by atoms with Crippen molar-refractivity contribution in [3.05, 3.63) is 17.6 Å². The summed E-state index contributed by atoms with van der Waals surface area (Å²) < 4.78 is 0. The zero-order valence-electron chi connectivity index (χ0n) is 10.1. The van der Waals surface area contributed by atoms with E-state index in [-0.39, 0.29) is 0 Å². The van der Waals surface area contributed by atoms with E-state index in [1.165, 1.54) is 42.0 Å². The molecule has 1 aromatic heterocycles. The maximum atomic E-state index is 4.41. The molecule has 0 unspecified atom stereocenters. The highest BCUT2D eigenvalue weighted by molar-refractivity contribution is 7.99. The Balaban J connectivity index is 1.63. The van der Waals surface area contributed by atoms with Crippen LogP contribution in [0.3, 0.4) is 0 Å². The van der Waals surface area contributed by atoms with E-state index in [1.54, 1.807) is 6.33 Å². The van der Waals surface area contributed by atoms with Gasteiger partial charge in [0.1, 0.15) is 12.1 Å². The molecule has 0 saturated carbocycles. The first-order valence-corrected chi connectivity index (χ1v) is 7.73. The lowest BCUT2D eigenvalue weighted by Gasteiger charge is -2.22. The van der Waals surface area contributed by atoms with E-state index in [9.17, 15) is 0 Å². The Morgan fingerprint density at radius 1 is 1.24 bits per heavy atom. The third-order valence-electron chi connectivity index (χ3n) is 3.77. The minimum atomic E-state index is 0.836. The third-order valence-corrected chi connectivity index (χ3v) is 4.82. The molecule has 1 saturated heterocycles. The lowest BCUT2D eigenvalue weighted by molar-refractivity contribution is 0.515. The largest absolute Gasteiger partial charge is 0.369 e. The van der Waals surface area contributed by atoms with Gasteiger partial charge >= 0.3 is 0 Å². The topological polar surface area (TPSA) is 37.8 Å². The first kappa shape index (κ1) is 11.3. The Hall–Kier alpha value is -0.770. The van der Waals surface area contributed by atoms with Crippen LogP contribution < -0.4 is 5.32 Å². The smallest absolute Gasteiger partial charge is 0.132 e. The van der Waals surface area contributed by atoms with E-state index in [2.05, 4.69) is 27.0 Å². The number of hydrogen-bond donors (Lipinski definition) is 1. The molecule has 4 heteroatoms. The van der Waals surface area contributed by atoms with Crippen molar-refractivity contribution >= 4 is 17.6 Å². The van der Waals surface area contributed by atoms with Gasteiger partial charge in [-0.1, -0.05) is 0 Å². The van der Waals surface area contributed by atoms with Crippen LogP contribution in [0.25, 0.3) is 0 Å². The van der Waals surface area contributed by atoms with E-state index in [1.807, 2.05) is 0 Å². The van der Waals surface area contributed by atoms with Crippen LogP contribution in [0.4, 0.5) is 5.82 Å². The Kier molecular flexibility index (Phi) is 3.50. The zero-order chi connectivity index (χ0) is 11.5. The summed E-state index contributed by atoms with van der Waals surface area (Å²) in [7, 11) is 0. The zero-order valence-corrected chi connectivity index (χ0v) is 10.9. The summed E-state index contributed by atoms with van der Waals surface area (Å²) in [6.45, 7) is 1.09. The first-order valence-electron chi connectivity index (χ1n) is 6.58. The van der Waals surface area contributed by atoms with Gasteiger partial charge in [-0.2, -0.15) is 11.8 Å². The number of fused-ring (bicyclic) bond motifs is 1. The Morgan fingerprint density at radius 3 is 3.00 bits per heavy atom. The van der Waals surface area contributed by atoms with E-state index < -0.39 is 0 Å². The van der Waals surface area contributed by atoms with Gasteiger partial charge in [0.05, 0.1) is 0 Å². The molecular formula is C13H19N3S. The average Bonchev–Trinajstić information content (AvgIpc) is 2.86. The first-order chi connectivity index (χ1) is 8.43. The normalized spacial score (nSPS) is 20.2. The maximum Gasteiger partial charge on any atom is 0.132 e. The number of rotatable bonds is 3.